The van der Waals surface area contributed by atoms with Crippen LogP contribution in [-0.4, -0.2) is 5.78 Å². The van der Waals surface area contributed by atoms with Crippen LogP contribution in [-0.2, 0) is 4.79 Å². The Morgan fingerprint density at radius 2 is 1.20 bits per heavy atom. The Morgan fingerprint density at radius 1 is 0.650 bits per heavy atom. The summed E-state index contributed by atoms with van der Waals surface area (Å²) in [5, 5.41) is 0. The molecule has 114 valence electrons. The molecule has 20 heavy (non-hydrogen) atoms. The average Bonchev–Trinajstić information content (AvgIpc) is 3.01. The highest BCUT2D eigenvalue weighted by atomic mass is 16.1. The molecule has 0 bridgehead atoms. The summed E-state index contributed by atoms with van der Waals surface area (Å²) in [5.74, 6) is 3.79. The van der Waals surface area contributed by atoms with Gasteiger partial charge in [-0.3, -0.25) is 4.79 Å². The lowest BCUT2D eigenvalue weighted by atomic mass is 9.70. The van der Waals surface area contributed by atoms with Crippen molar-refractivity contribution < 1.29 is 4.79 Å². The fourth-order valence-corrected chi connectivity index (χ4v) is 5.18. The van der Waals surface area contributed by atoms with Crippen molar-refractivity contribution in [1.29, 1.82) is 0 Å². The molecule has 3 saturated carbocycles. The number of Topliss-reactive ketones (excluding diaryl/α,β-unsaturated/α-hetero) is 1. The zero-order chi connectivity index (χ0) is 13.8. The second kappa shape index (κ2) is 7.09. The smallest absolute Gasteiger partial charge is 0.136 e. The van der Waals surface area contributed by atoms with Gasteiger partial charge in [0.2, 0.25) is 0 Å². The summed E-state index contributed by atoms with van der Waals surface area (Å²) in [6, 6.07) is 0. The van der Waals surface area contributed by atoms with Crippen LogP contribution in [0.25, 0.3) is 0 Å². The molecule has 0 atom stereocenters. The van der Waals surface area contributed by atoms with Gasteiger partial charge in [0.05, 0.1) is 0 Å². The summed E-state index contributed by atoms with van der Waals surface area (Å²) >= 11 is 0. The van der Waals surface area contributed by atoms with Crippen molar-refractivity contribution in [1.82, 2.24) is 0 Å². The van der Waals surface area contributed by atoms with E-state index in [-0.39, 0.29) is 0 Å². The highest BCUT2D eigenvalue weighted by molar-refractivity contribution is 5.81. The van der Waals surface area contributed by atoms with Crippen molar-refractivity contribution in [2.45, 2.75) is 89.9 Å². The zero-order valence-corrected chi connectivity index (χ0v) is 13.1. The van der Waals surface area contributed by atoms with Gasteiger partial charge in [0.25, 0.3) is 0 Å². The number of rotatable bonds is 4. The van der Waals surface area contributed by atoms with Gasteiger partial charge in [-0.25, -0.2) is 0 Å². The van der Waals surface area contributed by atoms with Crippen LogP contribution in [0.15, 0.2) is 0 Å². The monoisotopic (exact) mass is 276 g/mol. The molecule has 0 saturated heterocycles. The van der Waals surface area contributed by atoms with Crippen LogP contribution in [0.1, 0.15) is 89.9 Å². The van der Waals surface area contributed by atoms with Crippen LogP contribution in [0, 0.1) is 23.7 Å². The van der Waals surface area contributed by atoms with Gasteiger partial charge in [-0.15, -0.1) is 0 Å². The van der Waals surface area contributed by atoms with Crippen LogP contribution in [0.3, 0.4) is 0 Å². The Balaban J connectivity index is 1.41. The largest absolute Gasteiger partial charge is 0.299 e. The molecule has 0 spiro atoms. The summed E-state index contributed by atoms with van der Waals surface area (Å²) in [6.45, 7) is 0. The highest BCUT2D eigenvalue weighted by Crippen LogP contribution is 2.41. The van der Waals surface area contributed by atoms with Crippen LogP contribution in [0.2, 0.25) is 0 Å². The average molecular weight is 276 g/mol. The molecule has 0 amide bonds. The maximum Gasteiger partial charge on any atom is 0.136 e. The Bertz CT molecular complexity index is 302. The first-order chi connectivity index (χ1) is 9.83. The summed E-state index contributed by atoms with van der Waals surface area (Å²) in [4.78, 5) is 12.4. The summed E-state index contributed by atoms with van der Waals surface area (Å²) < 4.78 is 0. The van der Waals surface area contributed by atoms with E-state index >= 15 is 0 Å². The third-order valence-electron chi connectivity index (χ3n) is 6.51. The molecule has 0 heterocycles. The van der Waals surface area contributed by atoms with Gasteiger partial charge < -0.3 is 0 Å². The van der Waals surface area contributed by atoms with Crippen molar-refractivity contribution >= 4 is 5.78 Å². The number of carbonyl (C=O) groups is 1. The Kier molecular flexibility index (Phi) is 5.18. The predicted molar refractivity (Wildman–Crippen MR) is 83.6 cm³/mol. The molecule has 0 N–H and O–H groups in total. The maximum atomic E-state index is 12.4. The molecule has 3 rings (SSSR count). The lowest BCUT2D eigenvalue weighted by Crippen LogP contribution is -2.27. The third-order valence-corrected chi connectivity index (χ3v) is 6.51. The van der Waals surface area contributed by atoms with Gasteiger partial charge in [-0.2, -0.15) is 0 Å². The fourth-order valence-electron chi connectivity index (χ4n) is 5.18. The molecule has 3 fully saturated rings. The van der Waals surface area contributed by atoms with E-state index in [4.69, 9.17) is 0 Å². The molecule has 3 aliphatic carbocycles. The van der Waals surface area contributed by atoms with E-state index in [1.54, 1.807) is 0 Å². The molecule has 0 unspecified atom stereocenters. The van der Waals surface area contributed by atoms with E-state index in [9.17, 15) is 4.79 Å². The first-order valence-corrected chi connectivity index (χ1v) is 9.35. The van der Waals surface area contributed by atoms with Gasteiger partial charge in [-0.1, -0.05) is 57.8 Å². The van der Waals surface area contributed by atoms with Gasteiger partial charge in [0, 0.05) is 12.3 Å². The number of ketones is 1. The summed E-state index contributed by atoms with van der Waals surface area (Å²) in [7, 11) is 0. The van der Waals surface area contributed by atoms with E-state index in [1.807, 2.05) is 0 Å². The van der Waals surface area contributed by atoms with Crippen molar-refractivity contribution in [3.8, 4) is 0 Å². The second-order valence-electron chi connectivity index (χ2n) is 7.83. The van der Waals surface area contributed by atoms with E-state index in [0.717, 1.165) is 24.2 Å². The van der Waals surface area contributed by atoms with Crippen LogP contribution < -0.4 is 0 Å². The summed E-state index contributed by atoms with van der Waals surface area (Å²) in [6.07, 6.45) is 18.8. The minimum Gasteiger partial charge on any atom is -0.299 e. The number of hydrogen-bond donors (Lipinski definition) is 0. The Labute approximate surface area is 124 Å². The minimum atomic E-state index is 0.440. The predicted octanol–water partition coefficient (Wildman–Crippen LogP) is 5.52. The molecule has 0 aromatic carbocycles. The molecular weight excluding hydrogens is 244 g/mol. The number of hydrogen-bond acceptors (Lipinski definition) is 1. The summed E-state index contributed by atoms with van der Waals surface area (Å²) in [5.41, 5.74) is 0. The number of carbonyl (C=O) groups excluding carboxylic acids is 1. The first-order valence-electron chi connectivity index (χ1n) is 9.35. The molecule has 0 aromatic heterocycles. The molecule has 1 nitrogen and oxygen atoms in total. The van der Waals surface area contributed by atoms with E-state index in [1.165, 1.54) is 83.5 Å². The minimum absolute atomic E-state index is 0.440. The van der Waals surface area contributed by atoms with Gasteiger partial charge in [0.15, 0.2) is 0 Å². The lowest BCUT2D eigenvalue weighted by Gasteiger charge is -2.35. The second-order valence-corrected chi connectivity index (χ2v) is 7.83. The normalized spacial score (nSPS) is 33.4. The zero-order valence-electron chi connectivity index (χ0n) is 13.1. The first kappa shape index (κ1) is 14.6. The highest BCUT2D eigenvalue weighted by Gasteiger charge is 2.32. The Morgan fingerprint density at radius 3 is 1.85 bits per heavy atom. The van der Waals surface area contributed by atoms with Crippen LogP contribution >= 0.6 is 0 Å². The van der Waals surface area contributed by atoms with Gasteiger partial charge in [0.1, 0.15) is 5.78 Å². The molecule has 0 aromatic rings. The SMILES string of the molecule is O=C(CC1CCCC1)C1CCC(C2CCCCC2)CC1. The van der Waals surface area contributed by atoms with Crippen LogP contribution in [0.5, 0.6) is 0 Å². The lowest BCUT2D eigenvalue weighted by molar-refractivity contribution is -0.125. The molecule has 1 heteroatoms. The fraction of sp³-hybridized carbons (Fsp3) is 0.947. The quantitative estimate of drug-likeness (QED) is 0.660. The molecule has 3 aliphatic rings. The van der Waals surface area contributed by atoms with Crippen molar-refractivity contribution in [2.24, 2.45) is 23.7 Å². The van der Waals surface area contributed by atoms with Crippen molar-refractivity contribution in [2.75, 3.05) is 0 Å². The van der Waals surface area contributed by atoms with Crippen LogP contribution in [0.4, 0.5) is 0 Å². The van der Waals surface area contributed by atoms with E-state index in [2.05, 4.69) is 0 Å². The van der Waals surface area contributed by atoms with Gasteiger partial charge >= 0.3 is 0 Å². The third kappa shape index (κ3) is 3.65. The van der Waals surface area contributed by atoms with E-state index < -0.39 is 0 Å². The standard InChI is InChI=1S/C19H32O/c20-19(14-15-6-4-5-7-15)18-12-10-17(11-13-18)16-8-2-1-3-9-16/h15-18H,1-14H2. The molecule has 0 aliphatic heterocycles. The topological polar surface area (TPSA) is 17.1 Å². The molecular formula is C19H32O. The molecule has 0 radical (unpaired) electrons. The van der Waals surface area contributed by atoms with Crippen molar-refractivity contribution in [3.05, 3.63) is 0 Å². The Hall–Kier alpha value is -0.330. The van der Waals surface area contributed by atoms with Gasteiger partial charge in [-0.05, 0) is 43.4 Å². The van der Waals surface area contributed by atoms with Crippen molar-refractivity contribution in [3.63, 3.8) is 0 Å². The van der Waals surface area contributed by atoms with E-state index in [0.29, 0.717) is 11.7 Å². The maximum absolute atomic E-state index is 12.4.